The first-order valence-electron chi connectivity index (χ1n) is 13.6. The van der Waals surface area contributed by atoms with Crippen LogP contribution in [-0.2, 0) is 12.7 Å². The van der Waals surface area contributed by atoms with Crippen molar-refractivity contribution in [3.05, 3.63) is 77.0 Å². The molecule has 2 aromatic carbocycles. The summed E-state index contributed by atoms with van der Waals surface area (Å²) in [6.45, 7) is 6.37. The molecule has 1 aliphatic carbocycles. The Kier molecular flexibility index (Phi) is 6.92. The summed E-state index contributed by atoms with van der Waals surface area (Å²) in [5, 5.41) is 0. The van der Waals surface area contributed by atoms with E-state index >= 15 is 0 Å². The number of nitrogen functional groups attached to an aromatic ring is 1. The Morgan fingerprint density at radius 3 is 2.52 bits per heavy atom. The quantitative estimate of drug-likeness (QED) is 0.377. The van der Waals surface area contributed by atoms with Crippen LogP contribution >= 0.6 is 0 Å². The van der Waals surface area contributed by atoms with Crippen LogP contribution in [0, 0.1) is 5.92 Å². The molecule has 2 N–H and O–H groups in total. The summed E-state index contributed by atoms with van der Waals surface area (Å²) in [6, 6.07) is 12.9. The maximum Gasteiger partial charge on any atom is 0.416 e. The standard InChI is InChI=1S/C30H31F3N4O3/c1-2-36-9-11-37(12-10-36)17-19-4-3-18(13-24(19)30(31,32)33)25(38)16-23-28-22-14-20(5-6-26(22)40-29(23)28)39-21-7-8-35-27(34)15-21/h3-8,13-15,23,28-29H,2,9-12,16-17H2,1H3,(H2,34,35)/t23-,28-,29+/m0/s1. The summed E-state index contributed by atoms with van der Waals surface area (Å²) in [4.78, 5) is 21.4. The summed E-state index contributed by atoms with van der Waals surface area (Å²) in [6.07, 6.45) is -3.01. The Morgan fingerprint density at radius 2 is 1.80 bits per heavy atom. The average molecular weight is 553 g/mol. The Morgan fingerprint density at radius 1 is 1.05 bits per heavy atom. The number of hydrogen-bond donors (Lipinski definition) is 1. The number of likely N-dealkylation sites (N-methyl/N-ethyl adjacent to an activating group) is 1. The van der Waals surface area contributed by atoms with Crippen LogP contribution < -0.4 is 15.2 Å². The number of benzene rings is 2. The zero-order chi connectivity index (χ0) is 28.0. The van der Waals surface area contributed by atoms with Crippen molar-refractivity contribution >= 4 is 11.6 Å². The molecular weight excluding hydrogens is 521 g/mol. The minimum Gasteiger partial charge on any atom is -0.489 e. The Labute approximate surface area is 230 Å². The largest absolute Gasteiger partial charge is 0.489 e. The van der Waals surface area contributed by atoms with Gasteiger partial charge in [-0.15, -0.1) is 0 Å². The van der Waals surface area contributed by atoms with Crippen molar-refractivity contribution < 1.29 is 27.4 Å². The van der Waals surface area contributed by atoms with Gasteiger partial charge in [0.05, 0.1) is 5.56 Å². The number of nitrogens with two attached hydrogens (primary N) is 1. The van der Waals surface area contributed by atoms with Crippen LogP contribution in [0.3, 0.4) is 0 Å². The average Bonchev–Trinajstić information content (AvgIpc) is 3.44. The van der Waals surface area contributed by atoms with Crippen molar-refractivity contribution in [2.24, 2.45) is 5.92 Å². The Hall–Kier alpha value is -3.63. The highest BCUT2D eigenvalue weighted by atomic mass is 19.4. The second-order valence-corrected chi connectivity index (χ2v) is 10.7. The summed E-state index contributed by atoms with van der Waals surface area (Å²) in [7, 11) is 0. The molecule has 0 spiro atoms. The third kappa shape index (κ3) is 5.38. The van der Waals surface area contributed by atoms with Crippen LogP contribution in [0.4, 0.5) is 19.0 Å². The zero-order valence-corrected chi connectivity index (χ0v) is 22.2. The molecule has 3 atom stereocenters. The third-order valence-corrected chi connectivity index (χ3v) is 8.15. The molecule has 2 fully saturated rings. The van der Waals surface area contributed by atoms with Gasteiger partial charge < -0.3 is 20.1 Å². The van der Waals surface area contributed by atoms with E-state index in [0.717, 1.165) is 50.1 Å². The Bertz CT molecular complexity index is 1420. The number of Topliss-reactive ketones (excluding diaryl/α,β-unsaturated/α-hetero) is 1. The lowest BCUT2D eigenvalue weighted by Crippen LogP contribution is -2.45. The van der Waals surface area contributed by atoms with Crippen LogP contribution in [-0.4, -0.2) is 59.4 Å². The van der Waals surface area contributed by atoms with E-state index in [9.17, 15) is 18.0 Å². The molecule has 1 aromatic heterocycles. The topological polar surface area (TPSA) is 80.9 Å². The first-order chi connectivity index (χ1) is 19.2. The zero-order valence-electron chi connectivity index (χ0n) is 22.2. The van der Waals surface area contributed by atoms with E-state index < -0.39 is 11.7 Å². The number of nitrogens with zero attached hydrogens (tertiary/aromatic N) is 3. The number of alkyl halides is 3. The summed E-state index contributed by atoms with van der Waals surface area (Å²) in [5.74, 6) is 1.86. The molecule has 3 heterocycles. The number of halogens is 3. The number of piperazine rings is 1. The number of ketones is 1. The van der Waals surface area contributed by atoms with Crippen molar-refractivity contribution in [2.75, 3.05) is 38.5 Å². The second kappa shape index (κ2) is 10.4. The lowest BCUT2D eigenvalue weighted by atomic mass is 9.97. The smallest absolute Gasteiger partial charge is 0.416 e. The maximum absolute atomic E-state index is 14.0. The predicted molar refractivity (Wildman–Crippen MR) is 144 cm³/mol. The molecule has 7 nitrogen and oxygen atoms in total. The molecule has 0 radical (unpaired) electrons. The normalized spacial score (nSPS) is 22.4. The van der Waals surface area contributed by atoms with Gasteiger partial charge >= 0.3 is 6.18 Å². The predicted octanol–water partition coefficient (Wildman–Crippen LogP) is 5.36. The van der Waals surface area contributed by atoms with Gasteiger partial charge in [-0.3, -0.25) is 9.69 Å². The van der Waals surface area contributed by atoms with E-state index in [1.165, 1.54) is 12.1 Å². The first kappa shape index (κ1) is 26.6. The first-order valence-corrected chi connectivity index (χ1v) is 13.6. The fourth-order valence-electron chi connectivity index (χ4n) is 5.87. The SMILES string of the molecule is CCN1CCN(Cc2ccc(C(=O)C[C@@H]3[C@H]4Oc5ccc(Oc6ccnc(N)c6)cc5[C@@H]34)cc2C(F)(F)F)CC1. The molecule has 3 aromatic rings. The molecular formula is C30H31F3N4O3. The number of rotatable bonds is 8. The summed E-state index contributed by atoms with van der Waals surface area (Å²) < 4.78 is 54.0. The molecule has 0 bridgehead atoms. The fraction of sp³-hybridized carbons (Fsp3) is 0.400. The van der Waals surface area contributed by atoms with E-state index in [1.807, 2.05) is 17.0 Å². The van der Waals surface area contributed by atoms with Gasteiger partial charge in [0.25, 0.3) is 0 Å². The highest BCUT2D eigenvalue weighted by Gasteiger charge is 2.59. The molecule has 10 heteroatoms. The minimum absolute atomic E-state index is 0.00755. The van der Waals surface area contributed by atoms with Crippen molar-refractivity contribution in [1.29, 1.82) is 0 Å². The van der Waals surface area contributed by atoms with E-state index in [-0.39, 0.29) is 47.8 Å². The van der Waals surface area contributed by atoms with E-state index in [4.69, 9.17) is 15.2 Å². The highest BCUT2D eigenvalue weighted by molar-refractivity contribution is 5.97. The summed E-state index contributed by atoms with van der Waals surface area (Å²) in [5.41, 5.74) is 6.23. The van der Waals surface area contributed by atoms with Gasteiger partial charge in [0.2, 0.25) is 0 Å². The molecule has 6 rings (SSSR count). The van der Waals surface area contributed by atoms with Gasteiger partial charge in [-0.25, -0.2) is 4.98 Å². The molecule has 1 saturated carbocycles. The lowest BCUT2D eigenvalue weighted by molar-refractivity contribution is -0.138. The number of carbonyl (C=O) groups excluding carboxylic acids is 1. The van der Waals surface area contributed by atoms with Gasteiger partial charge in [0.15, 0.2) is 5.78 Å². The number of ether oxygens (including phenoxy) is 2. The van der Waals surface area contributed by atoms with Gasteiger partial charge in [0, 0.05) is 74.4 Å². The monoisotopic (exact) mass is 552 g/mol. The van der Waals surface area contributed by atoms with Crippen LogP contribution in [0.1, 0.15) is 46.3 Å². The molecule has 3 aliphatic rings. The number of hydrogen-bond acceptors (Lipinski definition) is 7. The van der Waals surface area contributed by atoms with E-state index in [2.05, 4.69) is 16.8 Å². The van der Waals surface area contributed by atoms with Gasteiger partial charge in [0.1, 0.15) is 29.2 Å². The number of fused-ring (bicyclic) bond motifs is 3. The van der Waals surface area contributed by atoms with E-state index in [0.29, 0.717) is 17.3 Å². The van der Waals surface area contributed by atoms with Crippen molar-refractivity contribution in [3.8, 4) is 17.2 Å². The van der Waals surface area contributed by atoms with Gasteiger partial charge in [-0.05, 0) is 42.4 Å². The van der Waals surface area contributed by atoms with Gasteiger partial charge in [-0.1, -0.05) is 19.1 Å². The van der Waals surface area contributed by atoms with Crippen molar-refractivity contribution in [1.82, 2.24) is 14.8 Å². The molecule has 2 aliphatic heterocycles. The molecule has 0 amide bonds. The number of anilines is 1. The second-order valence-electron chi connectivity index (χ2n) is 10.7. The molecule has 0 unspecified atom stereocenters. The van der Waals surface area contributed by atoms with Crippen molar-refractivity contribution in [2.45, 2.75) is 38.1 Å². The minimum atomic E-state index is -4.54. The van der Waals surface area contributed by atoms with Crippen molar-refractivity contribution in [3.63, 3.8) is 0 Å². The number of aromatic nitrogens is 1. The fourth-order valence-corrected chi connectivity index (χ4v) is 5.87. The van der Waals surface area contributed by atoms with Crippen LogP contribution in [0.15, 0.2) is 54.7 Å². The van der Waals surface area contributed by atoms with E-state index in [1.54, 1.807) is 24.4 Å². The molecule has 210 valence electrons. The maximum atomic E-state index is 14.0. The highest BCUT2D eigenvalue weighted by Crippen LogP contribution is 2.60. The number of pyridine rings is 1. The molecule has 1 saturated heterocycles. The Balaban J connectivity index is 1.13. The van der Waals surface area contributed by atoms with Crippen LogP contribution in [0.5, 0.6) is 17.2 Å². The molecule has 40 heavy (non-hydrogen) atoms. The third-order valence-electron chi connectivity index (χ3n) is 8.15. The lowest BCUT2D eigenvalue weighted by Gasteiger charge is -2.34. The number of carbonyl (C=O) groups is 1. The van der Waals surface area contributed by atoms with Gasteiger partial charge in [-0.2, -0.15) is 13.2 Å². The summed E-state index contributed by atoms with van der Waals surface area (Å²) >= 11 is 0. The van der Waals surface area contributed by atoms with Crippen LogP contribution in [0.25, 0.3) is 0 Å². The van der Waals surface area contributed by atoms with Crippen LogP contribution in [0.2, 0.25) is 0 Å².